The molecule has 0 bridgehead atoms. The lowest BCUT2D eigenvalue weighted by Crippen LogP contribution is -2.50. The number of rotatable bonds is 5. The van der Waals surface area contributed by atoms with Crippen LogP contribution in [0.4, 0.5) is 0 Å². The van der Waals surface area contributed by atoms with E-state index in [2.05, 4.69) is 23.5 Å². The predicted octanol–water partition coefficient (Wildman–Crippen LogP) is 1.18. The number of hydrogen-bond acceptors (Lipinski definition) is 4. The first-order chi connectivity index (χ1) is 10.9. The molecule has 6 heteroatoms. The minimum absolute atomic E-state index is 0.149. The number of ether oxygens (including phenoxy) is 1. The predicted molar refractivity (Wildman–Crippen MR) is 91.0 cm³/mol. The molecule has 1 aliphatic heterocycles. The van der Waals surface area contributed by atoms with Crippen molar-refractivity contribution in [1.82, 2.24) is 9.62 Å². The van der Waals surface area contributed by atoms with Gasteiger partial charge in [0.15, 0.2) is 0 Å². The number of fused-ring (bicyclic) bond motifs is 1. The average molecular weight is 338 g/mol. The van der Waals surface area contributed by atoms with Crippen LogP contribution < -0.4 is 4.72 Å². The van der Waals surface area contributed by atoms with Gasteiger partial charge in [0.1, 0.15) is 0 Å². The standard InChI is InChI=1S/C17H26N2O3S/c1-17(2)13-19(9-10-22-17)8-7-18-23(20,21)16-11-14-5-3-4-6-15(14)12-16/h3-6,16,18H,7-13H2,1-2H3. The van der Waals surface area contributed by atoms with E-state index in [1.165, 1.54) is 0 Å². The quantitative estimate of drug-likeness (QED) is 0.876. The molecule has 1 aromatic carbocycles. The second kappa shape index (κ2) is 6.51. The van der Waals surface area contributed by atoms with Crippen LogP contribution in [0.5, 0.6) is 0 Å². The fourth-order valence-electron chi connectivity index (χ4n) is 3.51. The maximum atomic E-state index is 12.5. The highest BCUT2D eigenvalue weighted by Gasteiger charge is 2.32. The Morgan fingerprint density at radius 3 is 2.52 bits per heavy atom. The van der Waals surface area contributed by atoms with Gasteiger partial charge in [-0.15, -0.1) is 0 Å². The number of nitrogens with zero attached hydrogens (tertiary/aromatic N) is 1. The van der Waals surface area contributed by atoms with Gasteiger partial charge in [0.05, 0.1) is 17.5 Å². The van der Waals surface area contributed by atoms with E-state index in [1.54, 1.807) is 0 Å². The van der Waals surface area contributed by atoms with Gasteiger partial charge in [0, 0.05) is 26.2 Å². The first kappa shape index (κ1) is 16.9. The summed E-state index contributed by atoms with van der Waals surface area (Å²) in [4.78, 5) is 2.26. The van der Waals surface area contributed by atoms with Crippen LogP contribution >= 0.6 is 0 Å². The normalized spacial score (nSPS) is 22.2. The lowest BCUT2D eigenvalue weighted by molar-refractivity contribution is -0.0851. The van der Waals surface area contributed by atoms with Gasteiger partial charge in [-0.05, 0) is 37.8 Å². The topological polar surface area (TPSA) is 58.6 Å². The Kier molecular flexibility index (Phi) is 4.78. The molecule has 0 aromatic heterocycles. The second-order valence-corrected chi connectivity index (χ2v) is 9.17. The summed E-state index contributed by atoms with van der Waals surface area (Å²) in [7, 11) is -3.27. The summed E-state index contributed by atoms with van der Waals surface area (Å²) < 4.78 is 33.5. The van der Waals surface area contributed by atoms with Crippen LogP contribution in [0.3, 0.4) is 0 Å². The molecule has 0 amide bonds. The second-order valence-electron chi connectivity index (χ2n) is 7.12. The molecule has 1 N–H and O–H groups in total. The van der Waals surface area contributed by atoms with E-state index in [0.717, 1.165) is 30.8 Å². The Labute approximate surface area is 139 Å². The highest BCUT2D eigenvalue weighted by molar-refractivity contribution is 7.90. The van der Waals surface area contributed by atoms with E-state index in [9.17, 15) is 8.42 Å². The maximum absolute atomic E-state index is 12.5. The molecule has 1 heterocycles. The van der Waals surface area contributed by atoms with Gasteiger partial charge in [-0.2, -0.15) is 0 Å². The Hall–Kier alpha value is -0.950. The van der Waals surface area contributed by atoms with Gasteiger partial charge >= 0.3 is 0 Å². The number of morpholine rings is 1. The fourth-order valence-corrected chi connectivity index (χ4v) is 4.92. The third kappa shape index (κ3) is 4.12. The van der Waals surface area contributed by atoms with Crippen LogP contribution in [0, 0.1) is 0 Å². The Morgan fingerprint density at radius 1 is 1.26 bits per heavy atom. The van der Waals surface area contributed by atoms with E-state index >= 15 is 0 Å². The van der Waals surface area contributed by atoms with Gasteiger partial charge in [-0.3, -0.25) is 4.90 Å². The van der Waals surface area contributed by atoms with E-state index in [0.29, 0.717) is 26.0 Å². The molecule has 0 spiro atoms. The third-order valence-electron chi connectivity index (χ3n) is 4.69. The molecule has 0 atom stereocenters. The summed E-state index contributed by atoms with van der Waals surface area (Å²) in [5.74, 6) is 0. The third-order valence-corrected chi connectivity index (χ3v) is 6.51. The van der Waals surface area contributed by atoms with Crippen molar-refractivity contribution in [2.24, 2.45) is 0 Å². The Bertz CT molecular complexity index is 633. The molecule has 0 unspecified atom stereocenters. The van der Waals surface area contributed by atoms with Crippen LogP contribution in [-0.4, -0.2) is 57.0 Å². The Morgan fingerprint density at radius 2 is 1.91 bits per heavy atom. The summed E-state index contributed by atoms with van der Waals surface area (Å²) >= 11 is 0. The van der Waals surface area contributed by atoms with Crippen LogP contribution in [0.25, 0.3) is 0 Å². The number of hydrogen-bond donors (Lipinski definition) is 1. The molecule has 1 fully saturated rings. The molecule has 2 aliphatic rings. The van der Waals surface area contributed by atoms with E-state index in [4.69, 9.17) is 4.74 Å². The molecule has 1 aliphatic carbocycles. The van der Waals surface area contributed by atoms with Crippen LogP contribution in [-0.2, 0) is 27.6 Å². The molecular formula is C17H26N2O3S. The summed E-state index contributed by atoms with van der Waals surface area (Å²) in [6.45, 7) is 7.73. The molecule has 0 saturated carbocycles. The van der Waals surface area contributed by atoms with Crippen LogP contribution in [0.2, 0.25) is 0 Å². The van der Waals surface area contributed by atoms with E-state index < -0.39 is 10.0 Å². The van der Waals surface area contributed by atoms with Crippen molar-refractivity contribution in [2.75, 3.05) is 32.8 Å². The maximum Gasteiger partial charge on any atom is 0.215 e. The molecule has 23 heavy (non-hydrogen) atoms. The van der Waals surface area contributed by atoms with Gasteiger partial charge in [-0.25, -0.2) is 13.1 Å². The number of nitrogens with one attached hydrogen (secondary N) is 1. The van der Waals surface area contributed by atoms with Gasteiger partial charge in [-0.1, -0.05) is 24.3 Å². The summed E-state index contributed by atoms with van der Waals surface area (Å²) in [5, 5.41) is -0.332. The largest absolute Gasteiger partial charge is 0.373 e. The summed E-state index contributed by atoms with van der Waals surface area (Å²) in [6, 6.07) is 8.00. The van der Waals surface area contributed by atoms with Crippen molar-refractivity contribution in [2.45, 2.75) is 37.5 Å². The highest BCUT2D eigenvalue weighted by Crippen LogP contribution is 2.25. The van der Waals surface area contributed by atoms with Gasteiger partial charge in [0.25, 0.3) is 0 Å². The van der Waals surface area contributed by atoms with E-state index in [-0.39, 0.29) is 10.9 Å². The minimum Gasteiger partial charge on any atom is -0.373 e. The minimum atomic E-state index is -3.27. The highest BCUT2D eigenvalue weighted by atomic mass is 32.2. The summed E-state index contributed by atoms with van der Waals surface area (Å²) in [6.07, 6.45) is 1.24. The smallest absolute Gasteiger partial charge is 0.215 e. The zero-order valence-corrected chi connectivity index (χ0v) is 14.7. The number of benzene rings is 1. The van der Waals surface area contributed by atoms with Crippen molar-refractivity contribution < 1.29 is 13.2 Å². The SMILES string of the molecule is CC1(C)CN(CCNS(=O)(=O)C2Cc3ccccc3C2)CCO1. The fraction of sp³-hybridized carbons (Fsp3) is 0.647. The molecule has 5 nitrogen and oxygen atoms in total. The lowest BCUT2D eigenvalue weighted by Gasteiger charge is -2.38. The molecule has 1 saturated heterocycles. The summed E-state index contributed by atoms with van der Waals surface area (Å²) in [5.41, 5.74) is 2.18. The van der Waals surface area contributed by atoms with Crippen LogP contribution in [0.15, 0.2) is 24.3 Å². The van der Waals surface area contributed by atoms with Crippen LogP contribution in [0.1, 0.15) is 25.0 Å². The van der Waals surface area contributed by atoms with Crippen molar-refractivity contribution >= 4 is 10.0 Å². The molecular weight excluding hydrogens is 312 g/mol. The zero-order chi connectivity index (χ0) is 16.5. The molecule has 0 radical (unpaired) electrons. The molecule has 128 valence electrons. The number of sulfonamides is 1. The van der Waals surface area contributed by atoms with E-state index in [1.807, 2.05) is 24.3 Å². The van der Waals surface area contributed by atoms with Crippen molar-refractivity contribution in [3.63, 3.8) is 0 Å². The first-order valence-electron chi connectivity index (χ1n) is 8.27. The lowest BCUT2D eigenvalue weighted by atomic mass is 10.1. The van der Waals surface area contributed by atoms with Crippen molar-refractivity contribution in [1.29, 1.82) is 0 Å². The first-order valence-corrected chi connectivity index (χ1v) is 9.82. The molecule has 1 aromatic rings. The van der Waals surface area contributed by atoms with Crippen molar-refractivity contribution in [3.05, 3.63) is 35.4 Å². The van der Waals surface area contributed by atoms with Crippen molar-refractivity contribution in [3.8, 4) is 0 Å². The average Bonchev–Trinajstić information content (AvgIpc) is 2.91. The van der Waals surface area contributed by atoms with Gasteiger partial charge < -0.3 is 4.74 Å². The molecule has 3 rings (SSSR count). The zero-order valence-electron chi connectivity index (χ0n) is 13.9. The van der Waals surface area contributed by atoms with Gasteiger partial charge in [0.2, 0.25) is 10.0 Å². The monoisotopic (exact) mass is 338 g/mol. The Balaban J connectivity index is 1.50.